The van der Waals surface area contributed by atoms with Crippen LogP contribution >= 0.6 is 28.1 Å². The number of halogens is 1. The highest BCUT2D eigenvalue weighted by atomic mass is 79.9. The zero-order valence-electron chi connectivity index (χ0n) is 13.7. The lowest BCUT2D eigenvalue weighted by Crippen LogP contribution is -2.23. The summed E-state index contributed by atoms with van der Waals surface area (Å²) < 4.78 is 11.7. The van der Waals surface area contributed by atoms with E-state index in [4.69, 9.17) is 21.7 Å². The van der Waals surface area contributed by atoms with Crippen LogP contribution in [0.1, 0.15) is 5.56 Å². The maximum absolute atomic E-state index is 5.59. The third-order valence-electron chi connectivity index (χ3n) is 3.01. The molecular weight excluding hydrogens is 402 g/mol. The highest BCUT2D eigenvalue weighted by Gasteiger charge is 2.10. The third kappa shape index (κ3) is 5.88. The van der Waals surface area contributed by atoms with Crippen LogP contribution in [-0.4, -0.2) is 25.0 Å². The highest BCUT2D eigenvalue weighted by molar-refractivity contribution is 9.10. The quantitative estimate of drug-likeness (QED) is 0.302. The molecule has 0 spiro atoms. The number of hydrogen-bond donors (Lipinski definition) is 2. The van der Waals surface area contributed by atoms with Crippen molar-refractivity contribution in [3.05, 3.63) is 65.2 Å². The molecule has 0 heterocycles. The Labute approximate surface area is 160 Å². The maximum atomic E-state index is 5.59. The van der Waals surface area contributed by atoms with E-state index in [9.17, 15) is 0 Å². The van der Waals surface area contributed by atoms with Crippen molar-refractivity contribution in [2.24, 2.45) is 5.10 Å². The number of rotatable bonds is 7. The van der Waals surface area contributed by atoms with Crippen LogP contribution in [0, 0.1) is 0 Å². The molecule has 0 aliphatic heterocycles. The second-order valence-electron chi connectivity index (χ2n) is 4.82. The fourth-order valence-electron chi connectivity index (χ4n) is 1.94. The van der Waals surface area contributed by atoms with Crippen molar-refractivity contribution in [2.75, 3.05) is 19.0 Å². The normalized spacial score (nSPS) is 10.3. The summed E-state index contributed by atoms with van der Waals surface area (Å²) in [4.78, 5) is 0. The number of thiocarbonyl (C=S) groups is 1. The van der Waals surface area contributed by atoms with Crippen molar-refractivity contribution in [1.29, 1.82) is 0 Å². The number of benzene rings is 2. The third-order valence-corrected chi connectivity index (χ3v) is 3.79. The summed E-state index contributed by atoms with van der Waals surface area (Å²) in [7, 11) is 1.58. The van der Waals surface area contributed by atoms with Gasteiger partial charge in [-0.3, -0.25) is 5.43 Å². The molecule has 25 heavy (non-hydrogen) atoms. The van der Waals surface area contributed by atoms with Gasteiger partial charge in [0.2, 0.25) is 0 Å². The summed E-state index contributed by atoms with van der Waals surface area (Å²) in [5.74, 6) is 1.22. The first kappa shape index (κ1) is 19.0. The molecule has 0 aliphatic carbocycles. The smallest absolute Gasteiger partial charge is 0.191 e. The monoisotopic (exact) mass is 419 g/mol. The van der Waals surface area contributed by atoms with Crippen LogP contribution in [0.5, 0.6) is 11.5 Å². The fraction of sp³-hybridized carbons (Fsp3) is 0.111. The predicted octanol–water partition coefficient (Wildman–Crippen LogP) is 4.34. The van der Waals surface area contributed by atoms with Crippen LogP contribution in [0.25, 0.3) is 0 Å². The molecule has 130 valence electrons. The van der Waals surface area contributed by atoms with Gasteiger partial charge >= 0.3 is 0 Å². The van der Waals surface area contributed by atoms with Crippen LogP contribution < -0.4 is 20.2 Å². The van der Waals surface area contributed by atoms with Gasteiger partial charge in [-0.15, -0.1) is 0 Å². The topological polar surface area (TPSA) is 54.9 Å². The molecule has 0 saturated carbocycles. The van der Waals surface area contributed by atoms with E-state index in [0.29, 0.717) is 23.2 Å². The molecule has 2 aromatic carbocycles. The van der Waals surface area contributed by atoms with Gasteiger partial charge in [-0.2, -0.15) is 5.10 Å². The number of hydrazone groups is 1. The van der Waals surface area contributed by atoms with E-state index < -0.39 is 0 Å². The van der Waals surface area contributed by atoms with E-state index in [-0.39, 0.29) is 0 Å². The first-order valence-electron chi connectivity index (χ1n) is 7.40. The van der Waals surface area contributed by atoms with Crippen molar-refractivity contribution in [2.45, 2.75) is 0 Å². The van der Waals surface area contributed by atoms with Gasteiger partial charge in [0.15, 0.2) is 16.6 Å². The number of ether oxygens (including phenoxy) is 2. The van der Waals surface area contributed by atoms with E-state index in [2.05, 4.69) is 38.4 Å². The summed E-state index contributed by atoms with van der Waals surface area (Å²) in [5, 5.41) is 7.57. The van der Waals surface area contributed by atoms with Gasteiger partial charge in [-0.1, -0.05) is 30.9 Å². The van der Waals surface area contributed by atoms with Gasteiger partial charge in [0.05, 0.1) is 17.8 Å². The van der Waals surface area contributed by atoms with Crippen molar-refractivity contribution in [3.8, 4) is 11.5 Å². The van der Waals surface area contributed by atoms with Crippen molar-refractivity contribution < 1.29 is 9.47 Å². The molecule has 0 unspecified atom stereocenters. The lowest BCUT2D eigenvalue weighted by atomic mass is 10.2. The van der Waals surface area contributed by atoms with Gasteiger partial charge in [0, 0.05) is 5.69 Å². The number of para-hydroxylation sites is 1. The minimum Gasteiger partial charge on any atom is -0.493 e. The molecule has 0 radical (unpaired) electrons. The van der Waals surface area contributed by atoms with Crippen molar-refractivity contribution in [1.82, 2.24) is 5.43 Å². The summed E-state index contributed by atoms with van der Waals surface area (Å²) >= 11 is 8.67. The molecule has 2 rings (SSSR count). The molecule has 0 aliphatic rings. The first-order chi connectivity index (χ1) is 12.1. The fourth-order valence-corrected chi connectivity index (χ4v) is 2.69. The second kappa shape index (κ2) is 9.80. The van der Waals surface area contributed by atoms with Gasteiger partial charge < -0.3 is 14.8 Å². The SMILES string of the molecule is C=CCOc1c(Br)cc(/C=N\NC(=S)Nc2ccccc2)cc1OC. The van der Waals surface area contributed by atoms with Crippen molar-refractivity contribution in [3.63, 3.8) is 0 Å². The minimum atomic E-state index is 0.392. The molecule has 0 aromatic heterocycles. The number of hydrogen-bond acceptors (Lipinski definition) is 4. The van der Waals surface area contributed by atoms with Crippen LogP contribution in [0.15, 0.2) is 64.7 Å². The van der Waals surface area contributed by atoms with Crippen molar-refractivity contribution >= 4 is 45.2 Å². The Morgan fingerprint density at radius 2 is 2.08 bits per heavy atom. The Balaban J connectivity index is 2.01. The molecule has 0 saturated heterocycles. The molecule has 7 heteroatoms. The largest absolute Gasteiger partial charge is 0.493 e. The second-order valence-corrected chi connectivity index (χ2v) is 6.09. The van der Waals surface area contributed by atoms with E-state index in [1.807, 2.05) is 42.5 Å². The Morgan fingerprint density at radius 3 is 2.76 bits per heavy atom. The molecule has 2 aromatic rings. The van der Waals surface area contributed by atoms with Crippen LogP contribution in [0.4, 0.5) is 5.69 Å². The van der Waals surface area contributed by atoms with Crippen LogP contribution in [0.3, 0.4) is 0 Å². The average Bonchev–Trinajstić information content (AvgIpc) is 2.61. The van der Waals surface area contributed by atoms with Gasteiger partial charge in [-0.05, 0) is 58.0 Å². The standard InChI is InChI=1S/C18H18BrN3O2S/c1-3-9-24-17-15(19)10-13(11-16(17)23-2)12-20-22-18(25)21-14-7-5-4-6-8-14/h3-8,10-12H,1,9H2,2H3,(H2,21,22,25)/b20-12-. The van der Waals surface area contributed by atoms with E-state index >= 15 is 0 Å². The Bertz CT molecular complexity index is 766. The molecule has 0 amide bonds. The van der Waals surface area contributed by atoms with Crippen LogP contribution in [-0.2, 0) is 0 Å². The Hall–Kier alpha value is -2.38. The van der Waals surface area contributed by atoms with E-state index in [1.54, 1.807) is 19.4 Å². The van der Waals surface area contributed by atoms with Gasteiger partial charge in [0.25, 0.3) is 0 Å². The van der Waals surface area contributed by atoms with Gasteiger partial charge in [-0.25, -0.2) is 0 Å². The summed E-state index contributed by atoms with van der Waals surface area (Å²) in [6.45, 7) is 4.03. The average molecular weight is 420 g/mol. The number of methoxy groups -OCH3 is 1. The summed E-state index contributed by atoms with van der Waals surface area (Å²) in [6.07, 6.45) is 3.31. The number of anilines is 1. The summed E-state index contributed by atoms with van der Waals surface area (Å²) in [6, 6.07) is 13.3. The molecule has 2 N–H and O–H groups in total. The molecule has 5 nitrogen and oxygen atoms in total. The molecule has 0 atom stereocenters. The van der Waals surface area contributed by atoms with E-state index in [1.165, 1.54) is 0 Å². The minimum absolute atomic E-state index is 0.392. The predicted molar refractivity (Wildman–Crippen MR) is 110 cm³/mol. The number of nitrogens with one attached hydrogen (secondary N) is 2. The summed E-state index contributed by atoms with van der Waals surface area (Å²) in [5.41, 5.74) is 4.49. The molecule has 0 bridgehead atoms. The van der Waals surface area contributed by atoms with E-state index in [0.717, 1.165) is 15.7 Å². The first-order valence-corrected chi connectivity index (χ1v) is 8.60. The van der Waals surface area contributed by atoms with Gasteiger partial charge in [0.1, 0.15) is 6.61 Å². The Morgan fingerprint density at radius 1 is 1.32 bits per heavy atom. The zero-order chi connectivity index (χ0) is 18.1. The van der Waals surface area contributed by atoms with Crippen LogP contribution in [0.2, 0.25) is 0 Å². The highest BCUT2D eigenvalue weighted by Crippen LogP contribution is 2.36. The zero-order valence-corrected chi connectivity index (χ0v) is 16.1. The molecule has 0 fully saturated rings. The molecular formula is C18H18BrN3O2S. The Kier molecular flexibility index (Phi) is 7.43. The maximum Gasteiger partial charge on any atom is 0.191 e. The lowest BCUT2D eigenvalue weighted by molar-refractivity contribution is 0.324. The number of nitrogens with zero attached hydrogens (tertiary/aromatic N) is 1. The lowest BCUT2D eigenvalue weighted by Gasteiger charge is -2.12.